The highest BCUT2D eigenvalue weighted by Gasteiger charge is 2.23. The van der Waals surface area contributed by atoms with Crippen LogP contribution in [0.25, 0.3) is 11.0 Å². The second-order valence-corrected chi connectivity index (χ2v) is 7.15. The second kappa shape index (κ2) is 6.80. The van der Waals surface area contributed by atoms with Gasteiger partial charge in [0, 0.05) is 28.7 Å². The summed E-state index contributed by atoms with van der Waals surface area (Å²) in [6.07, 6.45) is 1.90. The Morgan fingerprint density at radius 3 is 2.71 bits per heavy atom. The predicted octanol–water partition coefficient (Wildman–Crippen LogP) is 2.20. The van der Waals surface area contributed by atoms with Crippen molar-refractivity contribution in [1.29, 1.82) is 5.26 Å². The molecule has 0 amide bonds. The number of hydrogen-bond donors (Lipinski definition) is 0. The van der Waals surface area contributed by atoms with Gasteiger partial charge in [-0.05, 0) is 42.5 Å². The maximum absolute atomic E-state index is 12.8. The number of rotatable bonds is 3. The van der Waals surface area contributed by atoms with Crippen LogP contribution in [0.5, 0.6) is 0 Å². The van der Waals surface area contributed by atoms with E-state index in [0.29, 0.717) is 53.1 Å². The molecular weight excluding hydrogens is 382 g/mol. The molecule has 0 spiro atoms. The van der Waals surface area contributed by atoms with Crippen molar-refractivity contribution in [3.8, 4) is 6.07 Å². The topological polar surface area (TPSA) is 98.0 Å². The summed E-state index contributed by atoms with van der Waals surface area (Å²) in [5.74, 6) is 0. The zero-order valence-corrected chi connectivity index (χ0v) is 15.9. The average molecular weight is 398 g/mol. The molecule has 0 fully saturated rings. The van der Waals surface area contributed by atoms with Crippen molar-refractivity contribution in [2.45, 2.75) is 39.3 Å². The van der Waals surface area contributed by atoms with Crippen molar-refractivity contribution >= 4 is 22.6 Å². The summed E-state index contributed by atoms with van der Waals surface area (Å²) in [6, 6.07) is 6.55. The van der Waals surface area contributed by atoms with Crippen LogP contribution < -0.4 is 16.9 Å². The molecule has 0 unspecified atom stereocenters. The molecule has 0 saturated carbocycles. The summed E-state index contributed by atoms with van der Waals surface area (Å²) in [6.45, 7) is 2.26. The lowest BCUT2D eigenvalue weighted by molar-refractivity contribution is 0.553. The third-order valence-electron chi connectivity index (χ3n) is 5.15. The Labute approximate surface area is 164 Å². The lowest BCUT2D eigenvalue weighted by Crippen LogP contribution is -2.42. The largest absolute Gasteiger partial charge is 0.423 e. The highest BCUT2D eigenvalue weighted by atomic mass is 35.5. The average Bonchev–Trinajstić information content (AvgIpc) is 3.15. The van der Waals surface area contributed by atoms with Crippen LogP contribution in [-0.4, -0.2) is 9.13 Å². The molecule has 3 heterocycles. The van der Waals surface area contributed by atoms with Crippen LogP contribution in [0.2, 0.25) is 5.02 Å². The van der Waals surface area contributed by atoms with Crippen LogP contribution in [0.1, 0.15) is 35.7 Å². The van der Waals surface area contributed by atoms with Crippen LogP contribution in [0.3, 0.4) is 0 Å². The Bertz CT molecular complexity index is 1340. The van der Waals surface area contributed by atoms with Crippen LogP contribution >= 0.6 is 11.6 Å². The van der Waals surface area contributed by atoms with E-state index in [1.54, 1.807) is 12.1 Å². The molecule has 0 bridgehead atoms. The minimum Gasteiger partial charge on any atom is -0.423 e. The van der Waals surface area contributed by atoms with Gasteiger partial charge in [0.15, 0.2) is 0 Å². The lowest BCUT2D eigenvalue weighted by atomic mass is 10.1. The molecule has 0 radical (unpaired) electrons. The molecule has 1 aliphatic rings. The van der Waals surface area contributed by atoms with Crippen molar-refractivity contribution in [2.24, 2.45) is 0 Å². The van der Waals surface area contributed by atoms with Crippen molar-refractivity contribution < 1.29 is 4.42 Å². The van der Waals surface area contributed by atoms with Gasteiger partial charge in [-0.2, -0.15) is 5.26 Å². The zero-order chi connectivity index (χ0) is 20.0. The summed E-state index contributed by atoms with van der Waals surface area (Å²) >= 11 is 6.31. The Morgan fingerprint density at radius 1 is 1.21 bits per heavy atom. The molecule has 1 aliphatic heterocycles. The Kier molecular flexibility index (Phi) is 4.44. The number of fused-ring (bicyclic) bond motifs is 2. The van der Waals surface area contributed by atoms with E-state index < -0.39 is 16.9 Å². The molecule has 1 aromatic carbocycles. The van der Waals surface area contributed by atoms with Gasteiger partial charge in [-0.1, -0.05) is 18.5 Å². The maximum atomic E-state index is 12.8. The minimum absolute atomic E-state index is 0.0179. The van der Waals surface area contributed by atoms with Crippen molar-refractivity contribution in [3.05, 3.63) is 76.9 Å². The van der Waals surface area contributed by atoms with Gasteiger partial charge in [-0.15, -0.1) is 0 Å². The molecule has 3 aromatic rings. The van der Waals surface area contributed by atoms with Crippen LogP contribution in [0, 0.1) is 11.3 Å². The highest BCUT2D eigenvalue weighted by molar-refractivity contribution is 6.32. The fourth-order valence-corrected chi connectivity index (χ4v) is 4.05. The summed E-state index contributed by atoms with van der Waals surface area (Å²) in [7, 11) is 0. The fourth-order valence-electron chi connectivity index (χ4n) is 3.75. The molecule has 28 heavy (non-hydrogen) atoms. The summed E-state index contributed by atoms with van der Waals surface area (Å²) in [4.78, 5) is 37.6. The van der Waals surface area contributed by atoms with Crippen LogP contribution in [0.15, 0.2) is 37.0 Å². The molecule has 7 nitrogen and oxygen atoms in total. The van der Waals surface area contributed by atoms with Gasteiger partial charge in [0.2, 0.25) is 0 Å². The standard InChI is InChI=1S/C20H16ClN3O4/c1-2-11-6-17-13(8-15(11)21)12(7-18(25)28-17)10-24-19(26)14(9-22)16-4-3-5-23(16)20(24)27/h6-8H,2-5,10H2,1H3. The van der Waals surface area contributed by atoms with E-state index in [9.17, 15) is 19.6 Å². The number of benzene rings is 1. The van der Waals surface area contributed by atoms with Crippen LogP contribution in [-0.2, 0) is 25.9 Å². The van der Waals surface area contributed by atoms with Gasteiger partial charge < -0.3 is 4.42 Å². The van der Waals surface area contributed by atoms with Crippen molar-refractivity contribution in [2.75, 3.05) is 0 Å². The number of hydrogen-bond acceptors (Lipinski definition) is 5. The maximum Gasteiger partial charge on any atom is 0.336 e. The zero-order valence-electron chi connectivity index (χ0n) is 15.1. The van der Waals surface area contributed by atoms with Crippen LogP contribution in [0.4, 0.5) is 0 Å². The van der Waals surface area contributed by atoms with E-state index in [0.717, 1.165) is 10.1 Å². The quantitative estimate of drug-likeness (QED) is 0.631. The number of aromatic nitrogens is 2. The molecule has 142 valence electrons. The third-order valence-corrected chi connectivity index (χ3v) is 5.50. The molecule has 8 heteroatoms. The van der Waals surface area contributed by atoms with Gasteiger partial charge >= 0.3 is 11.3 Å². The number of halogens is 1. The lowest BCUT2D eigenvalue weighted by Gasteiger charge is -2.12. The molecular formula is C20H16ClN3O4. The van der Waals surface area contributed by atoms with Crippen molar-refractivity contribution in [3.63, 3.8) is 0 Å². The molecule has 2 aromatic heterocycles. The van der Waals surface area contributed by atoms with Gasteiger partial charge in [-0.25, -0.2) is 9.59 Å². The van der Waals surface area contributed by atoms with Gasteiger partial charge in [-0.3, -0.25) is 13.9 Å². The Morgan fingerprint density at radius 2 is 2.00 bits per heavy atom. The van der Waals surface area contributed by atoms with Gasteiger partial charge in [0.1, 0.15) is 17.2 Å². The van der Waals surface area contributed by atoms with Crippen molar-refractivity contribution in [1.82, 2.24) is 9.13 Å². The molecule has 4 rings (SSSR count). The fraction of sp³-hybridized carbons (Fsp3) is 0.300. The number of nitrogens with zero attached hydrogens (tertiary/aromatic N) is 3. The first-order valence-electron chi connectivity index (χ1n) is 8.96. The molecule has 0 atom stereocenters. The summed E-state index contributed by atoms with van der Waals surface area (Å²) in [5.41, 5.74) is 0.388. The summed E-state index contributed by atoms with van der Waals surface area (Å²) < 4.78 is 7.75. The highest BCUT2D eigenvalue weighted by Crippen LogP contribution is 2.26. The van der Waals surface area contributed by atoms with E-state index >= 15 is 0 Å². The first-order chi connectivity index (χ1) is 13.4. The van der Waals surface area contributed by atoms with E-state index in [4.69, 9.17) is 16.0 Å². The van der Waals surface area contributed by atoms with E-state index in [1.807, 2.05) is 13.0 Å². The number of aryl methyl sites for hydroxylation is 1. The van der Waals surface area contributed by atoms with E-state index in [1.165, 1.54) is 10.6 Å². The predicted molar refractivity (Wildman–Crippen MR) is 104 cm³/mol. The van der Waals surface area contributed by atoms with E-state index in [2.05, 4.69) is 0 Å². The number of nitriles is 1. The van der Waals surface area contributed by atoms with Gasteiger partial charge in [0.05, 0.1) is 6.54 Å². The van der Waals surface area contributed by atoms with E-state index in [-0.39, 0.29) is 12.1 Å². The Hall–Kier alpha value is -3.11. The third kappa shape index (κ3) is 2.77. The van der Waals surface area contributed by atoms with Gasteiger partial charge in [0.25, 0.3) is 5.56 Å². The smallest absolute Gasteiger partial charge is 0.336 e. The Balaban J connectivity index is 1.96. The first-order valence-corrected chi connectivity index (χ1v) is 9.34. The molecule has 0 saturated heterocycles. The monoisotopic (exact) mass is 397 g/mol. The minimum atomic E-state index is -0.640. The first kappa shape index (κ1) is 18.3. The molecule has 0 N–H and O–H groups in total. The summed E-state index contributed by atoms with van der Waals surface area (Å²) in [5, 5.41) is 10.5. The molecule has 0 aliphatic carbocycles. The SMILES string of the molecule is CCc1cc2oc(=O)cc(Cn3c(=O)c(C#N)c4n(c3=O)CCC4)c2cc1Cl. The second-order valence-electron chi connectivity index (χ2n) is 6.75. The normalized spacial score (nSPS) is 12.9.